The average Bonchev–Trinajstić information content (AvgIpc) is 2.13. The van der Waals surface area contributed by atoms with E-state index in [1.807, 2.05) is 0 Å². The summed E-state index contributed by atoms with van der Waals surface area (Å²) in [5, 5.41) is 8.73. The molecule has 2 atom stereocenters. The van der Waals surface area contributed by atoms with Gasteiger partial charge in [0.05, 0.1) is 0 Å². The van der Waals surface area contributed by atoms with Crippen LogP contribution in [-0.4, -0.2) is 41.3 Å². The number of aliphatic carboxylic acids is 1. The fourth-order valence-electron chi connectivity index (χ4n) is 1.36. The summed E-state index contributed by atoms with van der Waals surface area (Å²) in [5.41, 5.74) is 0. The lowest BCUT2D eigenvalue weighted by Gasteiger charge is -2.28. The lowest BCUT2D eigenvalue weighted by molar-refractivity contribution is -0.144. The summed E-state index contributed by atoms with van der Waals surface area (Å²) in [4.78, 5) is 12.2. The first-order valence-electron chi connectivity index (χ1n) is 5.16. The SMILES string of the molecule is CC(CCCC(F)(F)F)N(C)C(C)C(=O)O. The van der Waals surface area contributed by atoms with Gasteiger partial charge in [0.1, 0.15) is 6.04 Å². The standard InChI is InChI=1S/C10H18F3NO2/c1-7(5-4-6-10(11,12)13)14(3)8(2)9(15)16/h7-8H,4-6H2,1-3H3,(H,15,16). The highest BCUT2D eigenvalue weighted by Gasteiger charge is 2.27. The van der Waals surface area contributed by atoms with Gasteiger partial charge >= 0.3 is 12.1 Å². The molecule has 0 rings (SSSR count). The Hall–Kier alpha value is -0.780. The lowest BCUT2D eigenvalue weighted by Crippen LogP contribution is -2.41. The number of hydrogen-bond acceptors (Lipinski definition) is 2. The maximum Gasteiger partial charge on any atom is 0.389 e. The highest BCUT2D eigenvalue weighted by molar-refractivity contribution is 5.72. The van der Waals surface area contributed by atoms with Crippen LogP contribution in [0.5, 0.6) is 0 Å². The van der Waals surface area contributed by atoms with E-state index < -0.39 is 24.6 Å². The number of alkyl halides is 3. The van der Waals surface area contributed by atoms with Crippen LogP contribution in [0.15, 0.2) is 0 Å². The monoisotopic (exact) mass is 241 g/mol. The highest BCUT2D eigenvalue weighted by Crippen LogP contribution is 2.23. The van der Waals surface area contributed by atoms with Crippen LogP contribution in [0, 0.1) is 0 Å². The molecule has 0 radical (unpaired) electrons. The van der Waals surface area contributed by atoms with Crippen LogP contribution >= 0.6 is 0 Å². The van der Waals surface area contributed by atoms with Gasteiger partial charge in [-0.15, -0.1) is 0 Å². The van der Waals surface area contributed by atoms with Crippen molar-refractivity contribution in [2.75, 3.05) is 7.05 Å². The van der Waals surface area contributed by atoms with Crippen molar-refractivity contribution in [1.82, 2.24) is 4.90 Å². The first-order valence-corrected chi connectivity index (χ1v) is 5.16. The van der Waals surface area contributed by atoms with Crippen molar-refractivity contribution in [2.45, 2.75) is 51.4 Å². The fourth-order valence-corrected chi connectivity index (χ4v) is 1.36. The second kappa shape index (κ2) is 6.08. The summed E-state index contributed by atoms with van der Waals surface area (Å²) >= 11 is 0. The molecule has 3 nitrogen and oxygen atoms in total. The van der Waals surface area contributed by atoms with Crippen LogP contribution in [0.25, 0.3) is 0 Å². The van der Waals surface area contributed by atoms with Gasteiger partial charge in [0.2, 0.25) is 0 Å². The third-order valence-corrected chi connectivity index (χ3v) is 2.75. The predicted octanol–water partition coefficient (Wildman–Crippen LogP) is 2.51. The van der Waals surface area contributed by atoms with Gasteiger partial charge in [-0.1, -0.05) is 0 Å². The van der Waals surface area contributed by atoms with E-state index in [-0.39, 0.29) is 12.5 Å². The summed E-state index contributed by atoms with van der Waals surface area (Å²) in [6.45, 7) is 3.25. The smallest absolute Gasteiger partial charge is 0.389 e. The van der Waals surface area contributed by atoms with E-state index in [9.17, 15) is 18.0 Å². The maximum absolute atomic E-state index is 11.9. The summed E-state index contributed by atoms with van der Waals surface area (Å²) in [5.74, 6) is -0.967. The molecule has 2 unspecified atom stereocenters. The molecule has 0 aromatic heterocycles. The zero-order chi connectivity index (χ0) is 12.9. The Morgan fingerprint density at radius 3 is 2.25 bits per heavy atom. The molecule has 0 aliphatic rings. The molecule has 0 heterocycles. The maximum atomic E-state index is 11.9. The molecule has 0 bridgehead atoms. The van der Waals surface area contributed by atoms with Gasteiger partial charge in [-0.05, 0) is 33.7 Å². The normalized spacial score (nSPS) is 16.2. The number of nitrogens with zero attached hydrogens (tertiary/aromatic N) is 1. The zero-order valence-corrected chi connectivity index (χ0v) is 9.71. The Morgan fingerprint density at radius 1 is 1.38 bits per heavy atom. The summed E-state index contributed by atoms with van der Waals surface area (Å²) < 4.78 is 35.7. The topological polar surface area (TPSA) is 40.5 Å². The van der Waals surface area contributed by atoms with Crippen LogP contribution in [-0.2, 0) is 4.79 Å². The number of carboxylic acids is 1. The average molecular weight is 241 g/mol. The molecule has 96 valence electrons. The van der Waals surface area contributed by atoms with Gasteiger partial charge < -0.3 is 5.11 Å². The molecule has 0 aromatic carbocycles. The van der Waals surface area contributed by atoms with E-state index in [2.05, 4.69) is 0 Å². The third kappa shape index (κ3) is 5.95. The van der Waals surface area contributed by atoms with Crippen molar-refractivity contribution in [3.8, 4) is 0 Å². The van der Waals surface area contributed by atoms with Gasteiger partial charge in [-0.25, -0.2) is 0 Å². The summed E-state index contributed by atoms with van der Waals surface area (Å²) in [6.07, 6.45) is -4.57. The molecule has 16 heavy (non-hydrogen) atoms. The Balaban J connectivity index is 3.97. The Labute approximate surface area is 93.2 Å². The van der Waals surface area contributed by atoms with Crippen LogP contribution in [0.2, 0.25) is 0 Å². The second-order valence-electron chi connectivity index (χ2n) is 4.04. The predicted molar refractivity (Wildman–Crippen MR) is 54.2 cm³/mol. The number of halogens is 3. The van der Waals surface area contributed by atoms with Crippen molar-refractivity contribution in [1.29, 1.82) is 0 Å². The Kier molecular flexibility index (Phi) is 5.78. The number of likely N-dealkylation sites (N-methyl/N-ethyl adjacent to an activating group) is 1. The van der Waals surface area contributed by atoms with Gasteiger partial charge in [0, 0.05) is 12.5 Å². The molecule has 0 aliphatic carbocycles. The Morgan fingerprint density at radius 2 is 1.88 bits per heavy atom. The molecule has 6 heteroatoms. The molecule has 0 aromatic rings. The van der Waals surface area contributed by atoms with Crippen molar-refractivity contribution in [2.24, 2.45) is 0 Å². The molecule has 0 saturated heterocycles. The quantitative estimate of drug-likeness (QED) is 0.776. The zero-order valence-electron chi connectivity index (χ0n) is 9.71. The van der Waals surface area contributed by atoms with E-state index >= 15 is 0 Å². The molecule has 1 N–H and O–H groups in total. The molecular weight excluding hydrogens is 223 g/mol. The van der Waals surface area contributed by atoms with Gasteiger partial charge in [-0.3, -0.25) is 9.69 Å². The number of carboxylic acid groups (broad SMARTS) is 1. The second-order valence-corrected chi connectivity index (χ2v) is 4.04. The van der Waals surface area contributed by atoms with Crippen LogP contribution < -0.4 is 0 Å². The minimum Gasteiger partial charge on any atom is -0.480 e. The van der Waals surface area contributed by atoms with E-state index in [1.165, 1.54) is 6.92 Å². The highest BCUT2D eigenvalue weighted by atomic mass is 19.4. The van der Waals surface area contributed by atoms with Crippen LogP contribution in [0.3, 0.4) is 0 Å². The van der Waals surface area contributed by atoms with Crippen molar-refractivity contribution in [3.63, 3.8) is 0 Å². The first kappa shape index (κ1) is 15.2. The van der Waals surface area contributed by atoms with Gasteiger partial charge in [-0.2, -0.15) is 13.2 Å². The Bertz CT molecular complexity index is 231. The first-order chi connectivity index (χ1) is 7.15. The fraction of sp³-hybridized carbons (Fsp3) is 0.900. The van der Waals surface area contributed by atoms with E-state index in [1.54, 1.807) is 18.9 Å². The van der Waals surface area contributed by atoms with Gasteiger partial charge in [0.25, 0.3) is 0 Å². The van der Waals surface area contributed by atoms with Crippen molar-refractivity contribution < 1.29 is 23.1 Å². The lowest BCUT2D eigenvalue weighted by atomic mass is 10.1. The third-order valence-electron chi connectivity index (χ3n) is 2.75. The molecule has 0 spiro atoms. The van der Waals surface area contributed by atoms with Crippen LogP contribution in [0.1, 0.15) is 33.1 Å². The summed E-state index contributed by atoms with van der Waals surface area (Å²) in [7, 11) is 1.61. The minimum absolute atomic E-state index is 0.0291. The van der Waals surface area contributed by atoms with E-state index in [4.69, 9.17) is 5.11 Å². The van der Waals surface area contributed by atoms with Crippen LogP contribution in [0.4, 0.5) is 13.2 Å². The van der Waals surface area contributed by atoms with E-state index in [0.29, 0.717) is 6.42 Å². The number of rotatable bonds is 6. The molecular formula is C10H18F3NO2. The molecule has 0 saturated carbocycles. The van der Waals surface area contributed by atoms with E-state index in [0.717, 1.165) is 0 Å². The molecule has 0 amide bonds. The molecule has 0 fully saturated rings. The van der Waals surface area contributed by atoms with Gasteiger partial charge in [0.15, 0.2) is 0 Å². The molecule has 0 aliphatic heterocycles. The number of carbonyl (C=O) groups is 1. The summed E-state index contributed by atoms with van der Waals surface area (Å²) in [6, 6.07) is -0.852. The minimum atomic E-state index is -4.13. The largest absolute Gasteiger partial charge is 0.480 e. The van der Waals surface area contributed by atoms with Crippen molar-refractivity contribution in [3.05, 3.63) is 0 Å². The van der Waals surface area contributed by atoms with Crippen molar-refractivity contribution >= 4 is 5.97 Å². The number of hydrogen-bond donors (Lipinski definition) is 1.